The van der Waals surface area contributed by atoms with Gasteiger partial charge < -0.3 is 10.5 Å². The normalized spacial score (nSPS) is 10.7. The van der Waals surface area contributed by atoms with Crippen LogP contribution in [0.25, 0.3) is 0 Å². The maximum atomic E-state index is 13.0. The van der Waals surface area contributed by atoms with E-state index >= 15 is 0 Å². The number of carbonyl (C=O) groups is 1. The number of nitrogens with zero attached hydrogens (tertiary/aromatic N) is 1. The minimum Gasteiger partial charge on any atom is -0.466 e. The fourth-order valence-corrected chi connectivity index (χ4v) is 2.03. The molecule has 0 aliphatic carbocycles. The molecule has 0 fully saturated rings. The lowest BCUT2D eigenvalue weighted by Crippen LogP contribution is -2.13. The second-order valence-corrected chi connectivity index (χ2v) is 4.04. The van der Waals surface area contributed by atoms with Gasteiger partial charge in [0.25, 0.3) is 6.43 Å². The van der Waals surface area contributed by atoms with Gasteiger partial charge in [0.1, 0.15) is 5.82 Å². The SMILES string of the molecule is CCOC(=O)Cc1c(CBr)cnc(N)c1C(F)F. The van der Waals surface area contributed by atoms with Crippen molar-refractivity contribution in [2.24, 2.45) is 0 Å². The highest BCUT2D eigenvalue weighted by atomic mass is 79.9. The number of anilines is 1. The molecule has 0 saturated carbocycles. The van der Waals surface area contributed by atoms with Crippen molar-refractivity contribution in [3.05, 3.63) is 22.9 Å². The Labute approximate surface area is 112 Å². The third kappa shape index (κ3) is 3.38. The number of alkyl halides is 3. The second-order valence-electron chi connectivity index (χ2n) is 3.48. The highest BCUT2D eigenvalue weighted by Crippen LogP contribution is 2.30. The lowest BCUT2D eigenvalue weighted by atomic mass is 10.0. The Morgan fingerprint density at radius 3 is 2.78 bits per heavy atom. The van der Waals surface area contributed by atoms with Crippen molar-refractivity contribution in [2.75, 3.05) is 12.3 Å². The van der Waals surface area contributed by atoms with Gasteiger partial charge in [0.2, 0.25) is 0 Å². The van der Waals surface area contributed by atoms with Gasteiger partial charge in [-0.05, 0) is 18.1 Å². The van der Waals surface area contributed by atoms with Crippen molar-refractivity contribution < 1.29 is 18.3 Å². The van der Waals surface area contributed by atoms with Crippen LogP contribution in [0, 0.1) is 0 Å². The molecule has 1 heterocycles. The van der Waals surface area contributed by atoms with Gasteiger partial charge in [-0.3, -0.25) is 4.79 Å². The zero-order valence-corrected chi connectivity index (χ0v) is 11.3. The summed E-state index contributed by atoms with van der Waals surface area (Å²) >= 11 is 3.17. The smallest absolute Gasteiger partial charge is 0.310 e. The van der Waals surface area contributed by atoms with Crippen LogP contribution in [0.5, 0.6) is 0 Å². The van der Waals surface area contributed by atoms with E-state index < -0.39 is 12.4 Å². The summed E-state index contributed by atoms with van der Waals surface area (Å²) in [6.45, 7) is 1.85. The van der Waals surface area contributed by atoms with Crippen LogP contribution < -0.4 is 5.73 Å². The van der Waals surface area contributed by atoms with Crippen LogP contribution in [0.3, 0.4) is 0 Å². The Hall–Kier alpha value is -1.24. The molecule has 0 amide bonds. The topological polar surface area (TPSA) is 65.2 Å². The van der Waals surface area contributed by atoms with Crippen molar-refractivity contribution in [1.29, 1.82) is 0 Å². The molecule has 18 heavy (non-hydrogen) atoms. The summed E-state index contributed by atoms with van der Waals surface area (Å²) in [5.74, 6) is -0.818. The zero-order valence-electron chi connectivity index (χ0n) is 9.75. The maximum absolute atomic E-state index is 13.0. The second kappa shape index (κ2) is 6.63. The van der Waals surface area contributed by atoms with Gasteiger partial charge in [-0.2, -0.15) is 0 Å². The van der Waals surface area contributed by atoms with Gasteiger partial charge in [0.05, 0.1) is 18.6 Å². The third-order valence-electron chi connectivity index (χ3n) is 2.34. The average molecular weight is 323 g/mol. The molecule has 0 aliphatic heterocycles. The monoisotopic (exact) mass is 322 g/mol. The standard InChI is InChI=1S/C11H13BrF2N2O2/c1-2-18-8(17)3-7-6(4-12)5-16-11(15)9(7)10(13)14/h5,10H,2-4H2,1H3,(H2,15,16). The molecule has 0 radical (unpaired) electrons. The Morgan fingerprint density at radius 1 is 1.61 bits per heavy atom. The predicted octanol–water partition coefficient (Wildman–Crippen LogP) is 2.60. The number of halogens is 3. The van der Waals surface area contributed by atoms with E-state index in [4.69, 9.17) is 10.5 Å². The zero-order chi connectivity index (χ0) is 13.7. The first-order valence-electron chi connectivity index (χ1n) is 5.27. The van der Waals surface area contributed by atoms with Crippen molar-refractivity contribution >= 4 is 27.7 Å². The molecule has 1 rings (SSSR count). The Bertz CT molecular complexity index is 441. The fourth-order valence-electron chi connectivity index (χ4n) is 1.55. The molecule has 1 aromatic rings. The van der Waals surface area contributed by atoms with Crippen LogP contribution in [-0.2, 0) is 21.3 Å². The van der Waals surface area contributed by atoms with E-state index in [-0.39, 0.29) is 30.0 Å². The molecule has 0 aromatic carbocycles. The van der Waals surface area contributed by atoms with Crippen LogP contribution in [0.1, 0.15) is 30.0 Å². The van der Waals surface area contributed by atoms with Crippen molar-refractivity contribution in [3.63, 3.8) is 0 Å². The van der Waals surface area contributed by atoms with Crippen molar-refractivity contribution in [2.45, 2.75) is 25.1 Å². The highest BCUT2D eigenvalue weighted by Gasteiger charge is 2.22. The minimum atomic E-state index is -2.78. The third-order valence-corrected chi connectivity index (χ3v) is 2.94. The molecule has 1 aromatic heterocycles. The molecule has 100 valence electrons. The number of esters is 1. The molecule has 0 bridgehead atoms. The van der Waals surface area contributed by atoms with Crippen LogP contribution in [0.15, 0.2) is 6.20 Å². The lowest BCUT2D eigenvalue weighted by Gasteiger charge is -2.14. The Balaban J connectivity index is 3.19. The summed E-state index contributed by atoms with van der Waals surface area (Å²) in [7, 11) is 0. The van der Waals surface area contributed by atoms with Crippen molar-refractivity contribution in [3.8, 4) is 0 Å². The van der Waals surface area contributed by atoms with E-state index in [2.05, 4.69) is 20.9 Å². The number of hydrogen-bond acceptors (Lipinski definition) is 4. The summed E-state index contributed by atoms with van der Waals surface area (Å²) in [4.78, 5) is 15.1. The first-order chi connectivity index (χ1) is 8.51. The molecular weight excluding hydrogens is 310 g/mol. The van der Waals surface area contributed by atoms with Crippen LogP contribution in [-0.4, -0.2) is 17.6 Å². The predicted molar refractivity (Wildman–Crippen MR) is 66.6 cm³/mol. The number of nitrogen functional groups attached to an aromatic ring is 1. The molecule has 0 aliphatic rings. The Morgan fingerprint density at radius 2 is 2.28 bits per heavy atom. The number of aromatic nitrogens is 1. The molecule has 0 atom stereocenters. The first kappa shape index (κ1) is 14.8. The summed E-state index contributed by atoms with van der Waals surface area (Å²) in [6.07, 6.45) is -1.63. The molecule has 0 unspecified atom stereocenters. The van der Waals surface area contributed by atoms with Gasteiger partial charge in [0, 0.05) is 11.5 Å². The summed E-state index contributed by atoms with van der Waals surface area (Å²) in [5.41, 5.74) is 5.74. The number of hydrogen-bond donors (Lipinski definition) is 1. The highest BCUT2D eigenvalue weighted by molar-refractivity contribution is 9.08. The first-order valence-corrected chi connectivity index (χ1v) is 6.39. The summed E-state index contributed by atoms with van der Waals surface area (Å²) < 4.78 is 30.7. The quantitative estimate of drug-likeness (QED) is 0.668. The van der Waals surface area contributed by atoms with Crippen LogP contribution >= 0.6 is 15.9 Å². The lowest BCUT2D eigenvalue weighted by molar-refractivity contribution is -0.142. The Kier molecular flexibility index (Phi) is 5.46. The van der Waals surface area contributed by atoms with E-state index in [0.717, 1.165) is 0 Å². The summed E-state index contributed by atoms with van der Waals surface area (Å²) in [6, 6.07) is 0. The molecular formula is C11H13BrF2N2O2. The van der Waals surface area contributed by atoms with Gasteiger partial charge >= 0.3 is 5.97 Å². The van der Waals surface area contributed by atoms with Gasteiger partial charge in [-0.15, -0.1) is 0 Å². The van der Waals surface area contributed by atoms with E-state index in [9.17, 15) is 13.6 Å². The number of ether oxygens (including phenoxy) is 1. The van der Waals surface area contributed by atoms with Gasteiger partial charge in [0.15, 0.2) is 0 Å². The van der Waals surface area contributed by atoms with E-state index in [1.165, 1.54) is 6.20 Å². The van der Waals surface area contributed by atoms with E-state index in [0.29, 0.717) is 10.9 Å². The fraction of sp³-hybridized carbons (Fsp3) is 0.455. The molecule has 0 saturated heterocycles. The average Bonchev–Trinajstić information content (AvgIpc) is 2.29. The number of nitrogens with two attached hydrogens (primary N) is 1. The molecule has 0 spiro atoms. The van der Waals surface area contributed by atoms with Crippen LogP contribution in [0.4, 0.5) is 14.6 Å². The molecule has 4 nitrogen and oxygen atoms in total. The van der Waals surface area contributed by atoms with E-state index in [1.54, 1.807) is 6.92 Å². The summed E-state index contributed by atoms with van der Waals surface area (Å²) in [5, 5.41) is 0.314. The number of rotatable bonds is 5. The van der Waals surface area contributed by atoms with Gasteiger partial charge in [-0.25, -0.2) is 13.8 Å². The maximum Gasteiger partial charge on any atom is 0.310 e. The molecule has 2 N–H and O–H groups in total. The number of carbonyl (C=O) groups excluding carboxylic acids is 1. The minimum absolute atomic E-state index is 0.188. The molecule has 7 heteroatoms. The number of pyridine rings is 1. The van der Waals surface area contributed by atoms with Gasteiger partial charge in [-0.1, -0.05) is 15.9 Å². The van der Waals surface area contributed by atoms with Crippen LogP contribution in [0.2, 0.25) is 0 Å². The van der Waals surface area contributed by atoms with Crippen molar-refractivity contribution in [1.82, 2.24) is 4.98 Å². The van der Waals surface area contributed by atoms with E-state index in [1.807, 2.05) is 0 Å². The largest absolute Gasteiger partial charge is 0.466 e.